The smallest absolute Gasteiger partial charge is 0.322 e. The second kappa shape index (κ2) is 5.74. The second-order valence-electron chi connectivity index (χ2n) is 4.35. The molecule has 20 heavy (non-hydrogen) atoms. The summed E-state index contributed by atoms with van der Waals surface area (Å²) in [7, 11) is 1.48. The van der Waals surface area contributed by atoms with Crippen LogP contribution in [0.4, 0.5) is 11.9 Å². The Morgan fingerprint density at radius 2 is 1.95 bits per heavy atom. The van der Waals surface area contributed by atoms with Crippen molar-refractivity contribution in [3.8, 4) is 6.01 Å². The minimum Gasteiger partial charge on any atom is -0.467 e. The fourth-order valence-corrected chi connectivity index (χ4v) is 1.93. The average Bonchev–Trinajstić information content (AvgIpc) is 2.77. The molecule has 0 saturated carbocycles. The summed E-state index contributed by atoms with van der Waals surface area (Å²) in [5, 5.41) is 3.16. The Morgan fingerprint density at radius 3 is 2.50 bits per heavy atom. The van der Waals surface area contributed by atoms with Gasteiger partial charge in [-0.05, 0) is 26.8 Å². The van der Waals surface area contributed by atoms with Crippen LogP contribution in [0.1, 0.15) is 30.0 Å². The summed E-state index contributed by atoms with van der Waals surface area (Å²) < 4.78 is 10.5. The summed E-state index contributed by atoms with van der Waals surface area (Å²) in [6.45, 7) is 5.82. The van der Waals surface area contributed by atoms with Crippen LogP contribution in [0.15, 0.2) is 10.5 Å². The molecule has 0 saturated heterocycles. The van der Waals surface area contributed by atoms with Crippen molar-refractivity contribution in [1.82, 2.24) is 15.0 Å². The van der Waals surface area contributed by atoms with Gasteiger partial charge in [0.1, 0.15) is 11.5 Å². The molecule has 0 spiro atoms. The lowest BCUT2D eigenvalue weighted by atomic mass is 10.1. The fraction of sp³-hybridized carbons (Fsp3) is 0.417. The van der Waals surface area contributed by atoms with Gasteiger partial charge in [-0.15, -0.1) is 0 Å². The van der Waals surface area contributed by atoms with Crippen molar-refractivity contribution in [3.63, 3.8) is 0 Å². The highest BCUT2D eigenvalue weighted by Gasteiger charge is 2.15. The Labute approximate surface area is 116 Å². The molecule has 0 bridgehead atoms. The molecule has 2 aromatic rings. The Hall–Kier alpha value is -2.35. The molecule has 8 heteroatoms. The molecule has 8 nitrogen and oxygen atoms in total. The third-order valence-electron chi connectivity index (χ3n) is 2.82. The van der Waals surface area contributed by atoms with Crippen molar-refractivity contribution in [3.05, 3.63) is 23.2 Å². The number of nitrogen functional groups attached to an aromatic ring is 1. The Kier molecular flexibility index (Phi) is 4.04. The molecule has 0 aliphatic heterocycles. The van der Waals surface area contributed by atoms with Gasteiger partial charge in [-0.2, -0.15) is 15.0 Å². The maximum Gasteiger partial charge on any atom is 0.322 e. The molecule has 2 heterocycles. The number of aromatic nitrogens is 3. The minimum absolute atomic E-state index is 0.0230. The number of nitrogens with one attached hydrogen (secondary N) is 2. The van der Waals surface area contributed by atoms with Crippen LogP contribution >= 0.6 is 0 Å². The first-order valence-electron chi connectivity index (χ1n) is 6.13. The van der Waals surface area contributed by atoms with Crippen LogP contribution in [-0.4, -0.2) is 22.1 Å². The molecular formula is C12H18N6O2. The number of nitrogens with zero attached hydrogens (tertiary/aromatic N) is 3. The number of hydrogen-bond acceptors (Lipinski definition) is 8. The van der Waals surface area contributed by atoms with Gasteiger partial charge in [0.2, 0.25) is 11.9 Å². The van der Waals surface area contributed by atoms with E-state index < -0.39 is 0 Å². The average molecular weight is 278 g/mol. The molecule has 0 fully saturated rings. The number of hydrazine groups is 1. The topological polar surface area (TPSA) is 111 Å². The van der Waals surface area contributed by atoms with Crippen LogP contribution in [0.5, 0.6) is 6.01 Å². The first-order chi connectivity index (χ1) is 9.53. The van der Waals surface area contributed by atoms with Gasteiger partial charge >= 0.3 is 6.01 Å². The van der Waals surface area contributed by atoms with Gasteiger partial charge < -0.3 is 14.5 Å². The lowest BCUT2D eigenvalue weighted by Gasteiger charge is -2.13. The van der Waals surface area contributed by atoms with Crippen LogP contribution in [0.3, 0.4) is 0 Å². The highest BCUT2D eigenvalue weighted by Crippen LogP contribution is 2.24. The Balaban J connectivity index is 2.22. The monoisotopic (exact) mass is 278 g/mol. The third kappa shape index (κ3) is 2.97. The number of rotatable bonds is 5. The highest BCUT2D eigenvalue weighted by atomic mass is 16.5. The number of anilines is 2. The molecule has 108 valence electrons. The summed E-state index contributed by atoms with van der Waals surface area (Å²) in [6, 6.07) is 2.14. The van der Waals surface area contributed by atoms with Crippen LogP contribution in [0, 0.1) is 13.8 Å². The van der Waals surface area contributed by atoms with E-state index in [0.717, 1.165) is 17.1 Å². The van der Waals surface area contributed by atoms with E-state index in [9.17, 15) is 0 Å². The third-order valence-corrected chi connectivity index (χ3v) is 2.82. The number of ether oxygens (including phenoxy) is 1. The molecule has 2 rings (SSSR count). The van der Waals surface area contributed by atoms with Gasteiger partial charge in [0.05, 0.1) is 13.2 Å². The standard InChI is InChI=1S/C12H18N6O2/c1-6-5-9(8(3)20-6)7(2)14-10-15-11(18-13)17-12(16-10)19-4/h5,7H,13H2,1-4H3,(H2,14,15,16,17,18). The van der Waals surface area contributed by atoms with Crippen LogP contribution in [0.2, 0.25) is 0 Å². The predicted octanol–water partition coefficient (Wildman–Crippen LogP) is 1.55. The number of methoxy groups -OCH3 is 1. The van der Waals surface area contributed by atoms with Crippen molar-refractivity contribution in [1.29, 1.82) is 0 Å². The molecule has 0 amide bonds. The summed E-state index contributed by atoms with van der Waals surface area (Å²) in [6.07, 6.45) is 0. The summed E-state index contributed by atoms with van der Waals surface area (Å²) in [4.78, 5) is 12.2. The van der Waals surface area contributed by atoms with Gasteiger partial charge in [-0.25, -0.2) is 5.84 Å². The largest absolute Gasteiger partial charge is 0.467 e. The quantitative estimate of drug-likeness (QED) is 0.558. The number of hydrogen-bond donors (Lipinski definition) is 3. The maximum atomic E-state index is 5.51. The number of nitrogens with two attached hydrogens (primary N) is 1. The van der Waals surface area contributed by atoms with E-state index in [1.165, 1.54) is 7.11 Å². The number of furan rings is 1. The molecule has 0 aliphatic rings. The molecule has 0 aliphatic carbocycles. The molecule has 0 aromatic carbocycles. The van der Waals surface area contributed by atoms with E-state index in [1.807, 2.05) is 26.8 Å². The first kappa shape index (κ1) is 14.1. The lowest BCUT2D eigenvalue weighted by Crippen LogP contribution is -2.15. The van der Waals surface area contributed by atoms with E-state index in [-0.39, 0.29) is 18.0 Å². The van der Waals surface area contributed by atoms with E-state index in [2.05, 4.69) is 25.7 Å². The summed E-state index contributed by atoms with van der Waals surface area (Å²) >= 11 is 0. The molecule has 4 N–H and O–H groups in total. The van der Waals surface area contributed by atoms with E-state index in [1.54, 1.807) is 0 Å². The molecule has 2 aromatic heterocycles. The number of aryl methyl sites for hydroxylation is 2. The van der Waals surface area contributed by atoms with Gasteiger partial charge in [-0.1, -0.05) is 0 Å². The van der Waals surface area contributed by atoms with Gasteiger partial charge in [-0.3, -0.25) is 5.43 Å². The Morgan fingerprint density at radius 1 is 1.25 bits per heavy atom. The zero-order chi connectivity index (χ0) is 14.7. The Bertz CT molecular complexity index is 575. The zero-order valence-electron chi connectivity index (χ0n) is 11.9. The van der Waals surface area contributed by atoms with Crippen LogP contribution in [0.25, 0.3) is 0 Å². The van der Waals surface area contributed by atoms with Gasteiger partial charge in [0.15, 0.2) is 0 Å². The summed E-state index contributed by atoms with van der Waals surface area (Å²) in [5.41, 5.74) is 3.42. The lowest BCUT2D eigenvalue weighted by molar-refractivity contribution is 0.379. The van der Waals surface area contributed by atoms with Crippen molar-refractivity contribution in [2.24, 2.45) is 5.84 Å². The molecule has 0 radical (unpaired) electrons. The minimum atomic E-state index is -0.0230. The van der Waals surface area contributed by atoms with Gasteiger partial charge in [0, 0.05) is 5.56 Å². The highest BCUT2D eigenvalue weighted by molar-refractivity contribution is 5.38. The van der Waals surface area contributed by atoms with Crippen molar-refractivity contribution >= 4 is 11.9 Å². The van der Waals surface area contributed by atoms with E-state index >= 15 is 0 Å². The fourth-order valence-electron chi connectivity index (χ4n) is 1.93. The SMILES string of the molecule is COc1nc(NN)nc(NC(C)c2cc(C)oc2C)n1. The first-order valence-corrected chi connectivity index (χ1v) is 6.13. The molecular weight excluding hydrogens is 260 g/mol. The van der Waals surface area contributed by atoms with Crippen molar-refractivity contribution < 1.29 is 9.15 Å². The van der Waals surface area contributed by atoms with Crippen LogP contribution in [-0.2, 0) is 0 Å². The van der Waals surface area contributed by atoms with Crippen molar-refractivity contribution in [2.45, 2.75) is 26.8 Å². The summed E-state index contributed by atoms with van der Waals surface area (Å²) in [5.74, 6) is 7.64. The maximum absolute atomic E-state index is 5.51. The zero-order valence-corrected chi connectivity index (χ0v) is 11.9. The predicted molar refractivity (Wildman–Crippen MR) is 74.4 cm³/mol. The van der Waals surface area contributed by atoms with E-state index in [0.29, 0.717) is 5.95 Å². The van der Waals surface area contributed by atoms with Gasteiger partial charge in [0.25, 0.3) is 0 Å². The normalized spacial score (nSPS) is 12.1. The second-order valence-corrected chi connectivity index (χ2v) is 4.35. The van der Waals surface area contributed by atoms with Crippen molar-refractivity contribution in [2.75, 3.05) is 17.9 Å². The van der Waals surface area contributed by atoms with Crippen LogP contribution < -0.4 is 21.3 Å². The molecule has 1 atom stereocenters. The van der Waals surface area contributed by atoms with E-state index in [4.69, 9.17) is 15.0 Å². The molecule has 1 unspecified atom stereocenters.